The van der Waals surface area contributed by atoms with Gasteiger partial charge in [-0.3, -0.25) is 4.99 Å². The van der Waals surface area contributed by atoms with E-state index in [9.17, 15) is 0 Å². The quantitative estimate of drug-likeness (QED) is 0.450. The van der Waals surface area contributed by atoms with Crippen LogP contribution in [0, 0.1) is 0 Å². The van der Waals surface area contributed by atoms with Gasteiger partial charge in [0, 0.05) is 55.4 Å². The molecule has 4 rings (SSSR count). The van der Waals surface area contributed by atoms with E-state index < -0.39 is 0 Å². The summed E-state index contributed by atoms with van der Waals surface area (Å²) in [6.07, 6.45) is 2.88. The number of hydrogen-bond acceptors (Lipinski definition) is 5. The second-order valence-corrected chi connectivity index (χ2v) is 7.97. The fourth-order valence-electron chi connectivity index (χ4n) is 3.75. The smallest absolute Gasteiger partial charge is 0.228 e. The Bertz CT molecular complexity index is 1010. The van der Waals surface area contributed by atoms with Gasteiger partial charge in [-0.25, -0.2) is 0 Å². The van der Waals surface area contributed by atoms with Crippen LogP contribution in [0.25, 0.3) is 11.4 Å². The molecule has 2 aromatic carbocycles. The van der Waals surface area contributed by atoms with Gasteiger partial charge in [-0.15, -0.1) is 0 Å². The zero-order valence-corrected chi connectivity index (χ0v) is 18.3. The molecule has 0 bridgehead atoms. The van der Waals surface area contributed by atoms with Crippen LogP contribution in [0.3, 0.4) is 0 Å². The summed E-state index contributed by atoms with van der Waals surface area (Å²) in [6.45, 7) is 2.68. The molecule has 31 heavy (non-hydrogen) atoms. The van der Waals surface area contributed by atoms with Crippen LogP contribution >= 0.6 is 11.6 Å². The van der Waals surface area contributed by atoms with Gasteiger partial charge in [0.15, 0.2) is 5.96 Å². The Kier molecular flexibility index (Phi) is 7.04. The van der Waals surface area contributed by atoms with E-state index in [-0.39, 0.29) is 0 Å². The molecule has 0 aliphatic carbocycles. The standard InChI is InChI=1S/C23H27ClN6O/c1-25-23(27-19-9-6-14-30(16-19)20-10-3-2-4-11-20)26-13-12-21-28-22(29-31-21)17-7-5-8-18(24)15-17/h2-5,7-8,10-11,15,19H,6,9,12-14,16H2,1H3,(H2,25,26,27). The zero-order valence-electron chi connectivity index (χ0n) is 17.6. The number of aliphatic imine (C=N–C) groups is 1. The van der Waals surface area contributed by atoms with Gasteiger partial charge in [0.25, 0.3) is 0 Å². The predicted molar refractivity (Wildman–Crippen MR) is 125 cm³/mol. The number of rotatable bonds is 6. The van der Waals surface area contributed by atoms with E-state index in [2.05, 4.69) is 61.0 Å². The summed E-state index contributed by atoms with van der Waals surface area (Å²) in [6, 6.07) is 18.3. The molecule has 1 unspecified atom stereocenters. The molecule has 1 aromatic heterocycles. The van der Waals surface area contributed by atoms with E-state index in [1.165, 1.54) is 5.69 Å². The number of nitrogens with one attached hydrogen (secondary N) is 2. The third-order valence-corrected chi connectivity index (χ3v) is 5.52. The van der Waals surface area contributed by atoms with Gasteiger partial charge in [-0.1, -0.05) is 47.1 Å². The van der Waals surface area contributed by atoms with E-state index in [4.69, 9.17) is 16.1 Å². The first-order valence-corrected chi connectivity index (χ1v) is 10.9. The summed E-state index contributed by atoms with van der Waals surface area (Å²) in [4.78, 5) is 11.2. The van der Waals surface area contributed by atoms with E-state index >= 15 is 0 Å². The Labute approximate surface area is 187 Å². The first kappa shape index (κ1) is 21.2. The third kappa shape index (κ3) is 5.76. The lowest BCUT2D eigenvalue weighted by Crippen LogP contribution is -2.51. The van der Waals surface area contributed by atoms with Gasteiger partial charge < -0.3 is 20.1 Å². The Morgan fingerprint density at radius 2 is 2.10 bits per heavy atom. The van der Waals surface area contributed by atoms with Crippen molar-refractivity contribution in [1.82, 2.24) is 20.8 Å². The van der Waals surface area contributed by atoms with Crippen LogP contribution in [-0.4, -0.2) is 48.8 Å². The normalized spacial score (nSPS) is 16.9. The third-order valence-electron chi connectivity index (χ3n) is 5.29. The Morgan fingerprint density at radius 1 is 1.23 bits per heavy atom. The number of aromatic nitrogens is 2. The lowest BCUT2D eigenvalue weighted by Gasteiger charge is -2.35. The van der Waals surface area contributed by atoms with Gasteiger partial charge >= 0.3 is 0 Å². The first-order chi connectivity index (χ1) is 15.2. The molecule has 0 spiro atoms. The average molecular weight is 439 g/mol. The van der Waals surface area contributed by atoms with Crippen LogP contribution < -0.4 is 15.5 Å². The maximum Gasteiger partial charge on any atom is 0.228 e. The fourth-order valence-corrected chi connectivity index (χ4v) is 3.94. The van der Waals surface area contributed by atoms with Gasteiger partial charge in [-0.05, 0) is 37.1 Å². The zero-order chi connectivity index (χ0) is 21.5. The molecular weight excluding hydrogens is 412 g/mol. The molecule has 3 aromatic rings. The molecule has 1 atom stereocenters. The summed E-state index contributed by atoms with van der Waals surface area (Å²) >= 11 is 6.04. The molecule has 0 amide bonds. The Hall–Kier alpha value is -3.06. The van der Waals surface area contributed by atoms with Crippen molar-refractivity contribution < 1.29 is 4.52 Å². The molecule has 2 N–H and O–H groups in total. The summed E-state index contributed by atoms with van der Waals surface area (Å²) in [5.74, 6) is 1.91. The lowest BCUT2D eigenvalue weighted by atomic mass is 10.1. The second-order valence-electron chi connectivity index (χ2n) is 7.54. The van der Waals surface area contributed by atoms with Crippen molar-refractivity contribution >= 4 is 23.2 Å². The molecule has 8 heteroatoms. The summed E-state index contributed by atoms with van der Waals surface area (Å²) in [5, 5.41) is 11.6. The van der Waals surface area contributed by atoms with Crippen molar-refractivity contribution in [2.24, 2.45) is 4.99 Å². The molecular formula is C23H27ClN6O. The van der Waals surface area contributed by atoms with E-state index in [1.54, 1.807) is 7.05 Å². The molecule has 162 valence electrons. The molecule has 1 aliphatic rings. The van der Waals surface area contributed by atoms with E-state index in [0.29, 0.717) is 35.7 Å². The van der Waals surface area contributed by atoms with Crippen LogP contribution in [0.5, 0.6) is 0 Å². The van der Waals surface area contributed by atoms with Gasteiger partial charge in [0.1, 0.15) is 0 Å². The number of benzene rings is 2. The number of anilines is 1. The van der Waals surface area contributed by atoms with Crippen LogP contribution in [0.2, 0.25) is 5.02 Å². The minimum absolute atomic E-state index is 0.345. The highest BCUT2D eigenvalue weighted by Crippen LogP contribution is 2.20. The summed E-state index contributed by atoms with van der Waals surface area (Å²) < 4.78 is 5.38. The SMILES string of the molecule is CN=C(NCCc1nc(-c2cccc(Cl)c2)no1)NC1CCCN(c2ccccc2)C1. The predicted octanol–water partition coefficient (Wildman–Crippen LogP) is 3.77. The van der Waals surface area contributed by atoms with Gasteiger partial charge in [0.05, 0.1) is 0 Å². The van der Waals surface area contributed by atoms with E-state index in [0.717, 1.165) is 37.5 Å². The minimum Gasteiger partial charge on any atom is -0.369 e. The van der Waals surface area contributed by atoms with Crippen molar-refractivity contribution in [3.8, 4) is 11.4 Å². The number of halogens is 1. The molecule has 0 saturated carbocycles. The van der Waals surface area contributed by atoms with Crippen molar-refractivity contribution in [3.05, 3.63) is 65.5 Å². The molecule has 2 heterocycles. The van der Waals surface area contributed by atoms with Crippen LogP contribution in [0.15, 0.2) is 64.1 Å². The van der Waals surface area contributed by atoms with Crippen LogP contribution in [-0.2, 0) is 6.42 Å². The van der Waals surface area contributed by atoms with Crippen LogP contribution in [0.1, 0.15) is 18.7 Å². The van der Waals surface area contributed by atoms with Gasteiger partial charge in [0.2, 0.25) is 11.7 Å². The molecule has 1 fully saturated rings. The van der Waals surface area contributed by atoms with Gasteiger partial charge in [-0.2, -0.15) is 4.98 Å². The maximum atomic E-state index is 6.04. The highest BCUT2D eigenvalue weighted by atomic mass is 35.5. The number of para-hydroxylation sites is 1. The topological polar surface area (TPSA) is 78.6 Å². The minimum atomic E-state index is 0.345. The number of guanidine groups is 1. The largest absolute Gasteiger partial charge is 0.369 e. The highest BCUT2D eigenvalue weighted by molar-refractivity contribution is 6.30. The maximum absolute atomic E-state index is 6.04. The fraction of sp³-hybridized carbons (Fsp3) is 0.348. The van der Waals surface area contributed by atoms with Crippen molar-refractivity contribution in [2.45, 2.75) is 25.3 Å². The summed E-state index contributed by atoms with van der Waals surface area (Å²) in [7, 11) is 1.79. The monoisotopic (exact) mass is 438 g/mol. The van der Waals surface area contributed by atoms with Crippen LogP contribution in [0.4, 0.5) is 5.69 Å². The number of hydrogen-bond donors (Lipinski definition) is 2. The Morgan fingerprint density at radius 3 is 2.90 bits per heavy atom. The molecule has 1 aliphatic heterocycles. The highest BCUT2D eigenvalue weighted by Gasteiger charge is 2.21. The average Bonchev–Trinajstić information content (AvgIpc) is 3.28. The van der Waals surface area contributed by atoms with Crippen molar-refractivity contribution in [1.29, 1.82) is 0 Å². The number of nitrogens with zero attached hydrogens (tertiary/aromatic N) is 4. The Balaban J connectivity index is 1.26. The molecule has 0 radical (unpaired) electrons. The van der Waals surface area contributed by atoms with Crippen molar-refractivity contribution in [2.75, 3.05) is 31.6 Å². The summed E-state index contributed by atoms with van der Waals surface area (Å²) in [5.41, 5.74) is 2.11. The lowest BCUT2D eigenvalue weighted by molar-refractivity contribution is 0.378. The first-order valence-electron chi connectivity index (χ1n) is 10.6. The number of piperidine rings is 1. The van der Waals surface area contributed by atoms with E-state index in [1.807, 2.05) is 24.3 Å². The molecule has 7 nitrogen and oxygen atoms in total. The van der Waals surface area contributed by atoms with Crippen molar-refractivity contribution in [3.63, 3.8) is 0 Å². The second kappa shape index (κ2) is 10.3. The molecule has 1 saturated heterocycles.